The summed E-state index contributed by atoms with van der Waals surface area (Å²) in [5.74, 6) is 0.0116. The van der Waals surface area contributed by atoms with Crippen molar-refractivity contribution in [2.45, 2.75) is 33.4 Å². The number of carbonyl (C=O) groups is 2. The monoisotopic (exact) mass is 379 g/mol. The summed E-state index contributed by atoms with van der Waals surface area (Å²) in [5, 5.41) is 2.96. The van der Waals surface area contributed by atoms with Crippen LogP contribution in [0, 0.1) is 6.92 Å². The van der Waals surface area contributed by atoms with Crippen molar-refractivity contribution in [3.8, 4) is 0 Å². The van der Waals surface area contributed by atoms with Gasteiger partial charge in [0.1, 0.15) is 0 Å². The maximum absolute atomic E-state index is 12.6. The topological polar surface area (TPSA) is 52.7 Å². The standard InChI is InChI=1S/C23H29N3O2/c1-17-5-4-6-20(15-17)16-25-11-13-26(14-12-25)18(2)23(28)24-22-9-7-21(8-10-22)19(3)27/h4-10,15,18H,11-14,16H2,1-3H3,(H,24,28)/t18-/m0/s1. The Labute approximate surface area is 167 Å². The normalized spacial score (nSPS) is 16.5. The van der Waals surface area contributed by atoms with Crippen molar-refractivity contribution in [2.24, 2.45) is 0 Å². The zero-order valence-electron chi connectivity index (χ0n) is 16.9. The van der Waals surface area contributed by atoms with Gasteiger partial charge in [0.25, 0.3) is 0 Å². The van der Waals surface area contributed by atoms with Crippen LogP contribution in [0.25, 0.3) is 0 Å². The number of anilines is 1. The third-order valence-electron chi connectivity index (χ3n) is 5.38. The number of nitrogens with one attached hydrogen (secondary N) is 1. The molecule has 28 heavy (non-hydrogen) atoms. The number of rotatable bonds is 6. The SMILES string of the molecule is CC(=O)c1ccc(NC(=O)[C@H](C)N2CCN(Cc3cccc(C)c3)CC2)cc1. The molecule has 3 rings (SSSR count). The van der Waals surface area contributed by atoms with Gasteiger partial charge in [-0.3, -0.25) is 19.4 Å². The lowest BCUT2D eigenvalue weighted by Crippen LogP contribution is -2.52. The first kappa shape index (κ1) is 20.2. The fourth-order valence-electron chi connectivity index (χ4n) is 3.58. The number of carbonyl (C=O) groups excluding carboxylic acids is 2. The molecule has 148 valence electrons. The van der Waals surface area contributed by atoms with E-state index in [0.717, 1.165) is 38.4 Å². The molecule has 1 aliphatic heterocycles. The first-order chi connectivity index (χ1) is 13.4. The fourth-order valence-corrected chi connectivity index (χ4v) is 3.58. The summed E-state index contributed by atoms with van der Waals surface area (Å²) in [5.41, 5.74) is 4.00. The number of Topliss-reactive ketones (excluding diaryl/α,β-unsaturated/α-hetero) is 1. The van der Waals surface area contributed by atoms with E-state index in [0.29, 0.717) is 5.56 Å². The summed E-state index contributed by atoms with van der Waals surface area (Å²) in [6, 6.07) is 15.5. The molecule has 0 bridgehead atoms. The van der Waals surface area contributed by atoms with Crippen LogP contribution in [0.4, 0.5) is 5.69 Å². The predicted molar refractivity (Wildman–Crippen MR) is 113 cm³/mol. The number of nitrogens with zero attached hydrogens (tertiary/aromatic N) is 2. The van der Waals surface area contributed by atoms with E-state index in [4.69, 9.17) is 0 Å². The summed E-state index contributed by atoms with van der Waals surface area (Å²) in [4.78, 5) is 28.6. The number of hydrogen-bond donors (Lipinski definition) is 1. The Kier molecular flexibility index (Phi) is 6.60. The summed E-state index contributed by atoms with van der Waals surface area (Å²) >= 11 is 0. The molecule has 1 N–H and O–H groups in total. The maximum Gasteiger partial charge on any atom is 0.241 e. The molecule has 0 unspecified atom stereocenters. The average Bonchev–Trinajstić information content (AvgIpc) is 2.68. The summed E-state index contributed by atoms with van der Waals surface area (Å²) in [6.07, 6.45) is 0. The van der Waals surface area contributed by atoms with E-state index in [1.807, 2.05) is 6.92 Å². The largest absolute Gasteiger partial charge is 0.325 e. The highest BCUT2D eigenvalue weighted by Gasteiger charge is 2.25. The van der Waals surface area contributed by atoms with Crippen molar-refractivity contribution in [3.63, 3.8) is 0 Å². The van der Waals surface area contributed by atoms with Crippen molar-refractivity contribution in [1.82, 2.24) is 9.80 Å². The molecular formula is C23H29N3O2. The third kappa shape index (κ3) is 5.27. The second-order valence-corrected chi connectivity index (χ2v) is 7.60. The molecule has 0 aromatic heterocycles. The Hall–Kier alpha value is -2.50. The molecule has 0 spiro atoms. The van der Waals surface area contributed by atoms with E-state index in [1.165, 1.54) is 18.1 Å². The molecular weight excluding hydrogens is 350 g/mol. The molecule has 1 heterocycles. The Balaban J connectivity index is 1.49. The van der Waals surface area contributed by atoms with Crippen molar-refractivity contribution >= 4 is 17.4 Å². The number of benzene rings is 2. The summed E-state index contributed by atoms with van der Waals surface area (Å²) in [7, 11) is 0. The smallest absolute Gasteiger partial charge is 0.241 e. The van der Waals surface area contributed by atoms with Crippen LogP contribution in [0.3, 0.4) is 0 Å². The minimum atomic E-state index is -0.186. The fraction of sp³-hybridized carbons (Fsp3) is 0.391. The molecule has 1 amide bonds. The Morgan fingerprint density at radius 3 is 2.32 bits per heavy atom. The van der Waals surface area contributed by atoms with Crippen LogP contribution in [-0.2, 0) is 11.3 Å². The highest BCUT2D eigenvalue weighted by Crippen LogP contribution is 2.14. The van der Waals surface area contributed by atoms with Crippen LogP contribution >= 0.6 is 0 Å². The van der Waals surface area contributed by atoms with Crippen LogP contribution in [0.1, 0.15) is 35.3 Å². The number of ketones is 1. The second-order valence-electron chi connectivity index (χ2n) is 7.60. The molecule has 1 fully saturated rings. The molecule has 0 saturated carbocycles. The molecule has 0 aliphatic carbocycles. The molecule has 5 heteroatoms. The molecule has 1 aliphatic rings. The molecule has 5 nitrogen and oxygen atoms in total. The van der Waals surface area contributed by atoms with Crippen molar-refractivity contribution in [3.05, 3.63) is 65.2 Å². The highest BCUT2D eigenvalue weighted by atomic mass is 16.2. The first-order valence-corrected chi connectivity index (χ1v) is 9.86. The molecule has 2 aromatic rings. The van der Waals surface area contributed by atoms with Crippen LogP contribution in [0.5, 0.6) is 0 Å². The second kappa shape index (κ2) is 9.13. The van der Waals surface area contributed by atoms with Crippen LogP contribution in [-0.4, -0.2) is 53.7 Å². The first-order valence-electron chi connectivity index (χ1n) is 9.86. The van der Waals surface area contributed by atoms with Gasteiger partial charge < -0.3 is 5.32 Å². The summed E-state index contributed by atoms with van der Waals surface area (Å²) < 4.78 is 0. The van der Waals surface area contributed by atoms with E-state index >= 15 is 0 Å². The van der Waals surface area contributed by atoms with Gasteiger partial charge in [-0.2, -0.15) is 0 Å². The van der Waals surface area contributed by atoms with Crippen LogP contribution in [0.15, 0.2) is 48.5 Å². The van der Waals surface area contributed by atoms with Gasteiger partial charge in [-0.25, -0.2) is 0 Å². The molecule has 1 saturated heterocycles. The van der Waals surface area contributed by atoms with Gasteiger partial charge in [0.05, 0.1) is 6.04 Å². The zero-order valence-corrected chi connectivity index (χ0v) is 16.9. The van der Waals surface area contributed by atoms with Crippen LogP contribution in [0.2, 0.25) is 0 Å². The van der Waals surface area contributed by atoms with Crippen molar-refractivity contribution in [1.29, 1.82) is 0 Å². The molecule has 2 aromatic carbocycles. The molecule has 1 atom stereocenters. The van der Waals surface area contributed by atoms with E-state index in [1.54, 1.807) is 24.3 Å². The minimum Gasteiger partial charge on any atom is -0.325 e. The Morgan fingerprint density at radius 2 is 1.71 bits per heavy atom. The van der Waals surface area contributed by atoms with E-state index in [9.17, 15) is 9.59 Å². The predicted octanol–water partition coefficient (Wildman–Crippen LogP) is 3.34. The van der Waals surface area contributed by atoms with Crippen LogP contribution < -0.4 is 5.32 Å². The van der Waals surface area contributed by atoms with Gasteiger partial charge in [0.15, 0.2) is 5.78 Å². The van der Waals surface area contributed by atoms with E-state index < -0.39 is 0 Å². The van der Waals surface area contributed by atoms with E-state index in [2.05, 4.69) is 46.3 Å². The third-order valence-corrected chi connectivity index (χ3v) is 5.38. The highest BCUT2D eigenvalue weighted by molar-refractivity contribution is 5.96. The lowest BCUT2D eigenvalue weighted by Gasteiger charge is -2.37. The van der Waals surface area contributed by atoms with Gasteiger partial charge in [-0.1, -0.05) is 29.8 Å². The lowest BCUT2D eigenvalue weighted by molar-refractivity contribution is -0.121. The Morgan fingerprint density at radius 1 is 1.04 bits per heavy atom. The van der Waals surface area contributed by atoms with Gasteiger partial charge in [-0.15, -0.1) is 0 Å². The summed E-state index contributed by atoms with van der Waals surface area (Å²) in [6.45, 7) is 10.2. The van der Waals surface area contributed by atoms with Crippen molar-refractivity contribution < 1.29 is 9.59 Å². The van der Waals surface area contributed by atoms with Gasteiger partial charge in [-0.05, 0) is 50.6 Å². The van der Waals surface area contributed by atoms with Gasteiger partial charge in [0, 0.05) is 44.0 Å². The van der Waals surface area contributed by atoms with E-state index in [-0.39, 0.29) is 17.7 Å². The van der Waals surface area contributed by atoms with Gasteiger partial charge >= 0.3 is 0 Å². The quantitative estimate of drug-likeness (QED) is 0.782. The number of piperazine rings is 1. The zero-order chi connectivity index (χ0) is 20.1. The lowest BCUT2D eigenvalue weighted by atomic mass is 10.1. The minimum absolute atomic E-state index is 0.0114. The average molecular weight is 380 g/mol. The number of amides is 1. The molecule has 0 radical (unpaired) electrons. The Bertz CT molecular complexity index is 824. The van der Waals surface area contributed by atoms with Crippen molar-refractivity contribution in [2.75, 3.05) is 31.5 Å². The maximum atomic E-state index is 12.6. The van der Waals surface area contributed by atoms with Gasteiger partial charge in [0.2, 0.25) is 5.91 Å². The number of aryl methyl sites for hydroxylation is 1. The number of hydrogen-bond acceptors (Lipinski definition) is 4.